The van der Waals surface area contributed by atoms with E-state index in [9.17, 15) is 13.2 Å². The zero-order chi connectivity index (χ0) is 15.3. The van der Waals surface area contributed by atoms with Crippen LogP contribution in [0.5, 0.6) is 6.01 Å². The number of rotatable bonds is 6. The molecule has 2 rings (SSSR count). The van der Waals surface area contributed by atoms with Gasteiger partial charge in [0.2, 0.25) is 10.0 Å². The van der Waals surface area contributed by atoms with E-state index in [2.05, 4.69) is 15.3 Å². The Kier molecular flexibility index (Phi) is 5.07. The van der Waals surface area contributed by atoms with E-state index in [1.807, 2.05) is 0 Å². The molecule has 1 fully saturated rings. The summed E-state index contributed by atoms with van der Waals surface area (Å²) in [6.45, 7) is 1.20. The van der Waals surface area contributed by atoms with Crippen molar-refractivity contribution in [2.24, 2.45) is 0 Å². The van der Waals surface area contributed by atoms with Crippen LogP contribution in [0.15, 0.2) is 12.4 Å². The van der Waals surface area contributed by atoms with Gasteiger partial charge in [-0.25, -0.2) is 22.7 Å². The van der Waals surface area contributed by atoms with Gasteiger partial charge in [0.25, 0.3) is 5.91 Å². The van der Waals surface area contributed by atoms with E-state index in [0.29, 0.717) is 13.1 Å². The van der Waals surface area contributed by atoms with Crippen molar-refractivity contribution in [1.29, 1.82) is 0 Å². The number of ether oxygens (including phenoxy) is 1. The number of amides is 1. The standard InChI is InChI=1S/C12H18N4O4S/c1-20-12-14-8-10(9-15-12)11(17)13-4-7-21(18,19)16-5-2-3-6-16/h8-9H,2-7H2,1H3,(H,13,17). The Labute approximate surface area is 123 Å². The second-order valence-electron chi connectivity index (χ2n) is 4.64. The summed E-state index contributed by atoms with van der Waals surface area (Å²) in [5.41, 5.74) is 0.259. The highest BCUT2D eigenvalue weighted by molar-refractivity contribution is 7.89. The Balaban J connectivity index is 1.83. The summed E-state index contributed by atoms with van der Waals surface area (Å²) >= 11 is 0. The fraction of sp³-hybridized carbons (Fsp3) is 0.583. The summed E-state index contributed by atoms with van der Waals surface area (Å²) < 4.78 is 30.2. The van der Waals surface area contributed by atoms with E-state index in [4.69, 9.17) is 4.74 Å². The predicted molar refractivity (Wildman–Crippen MR) is 75.5 cm³/mol. The fourth-order valence-corrected chi connectivity index (χ4v) is 3.46. The molecule has 116 valence electrons. The average molecular weight is 314 g/mol. The molecule has 9 heteroatoms. The van der Waals surface area contributed by atoms with Gasteiger partial charge in [-0.15, -0.1) is 0 Å². The largest absolute Gasteiger partial charge is 0.467 e. The van der Waals surface area contributed by atoms with Crippen LogP contribution in [0.4, 0.5) is 0 Å². The van der Waals surface area contributed by atoms with Crippen molar-refractivity contribution in [2.75, 3.05) is 32.5 Å². The Morgan fingerprint density at radius 1 is 1.33 bits per heavy atom. The van der Waals surface area contributed by atoms with E-state index >= 15 is 0 Å². The van der Waals surface area contributed by atoms with Crippen LogP contribution in [0.25, 0.3) is 0 Å². The highest BCUT2D eigenvalue weighted by Gasteiger charge is 2.24. The second-order valence-corrected chi connectivity index (χ2v) is 6.72. The fourth-order valence-electron chi connectivity index (χ4n) is 2.03. The van der Waals surface area contributed by atoms with E-state index in [1.54, 1.807) is 0 Å². The Morgan fingerprint density at radius 2 is 1.95 bits per heavy atom. The Hall–Kier alpha value is -1.74. The van der Waals surface area contributed by atoms with Gasteiger partial charge in [0.1, 0.15) is 0 Å². The van der Waals surface area contributed by atoms with Gasteiger partial charge in [0.15, 0.2) is 0 Å². The van der Waals surface area contributed by atoms with Crippen molar-refractivity contribution in [3.8, 4) is 6.01 Å². The molecule has 1 aliphatic heterocycles. The number of sulfonamides is 1. The monoisotopic (exact) mass is 314 g/mol. The lowest BCUT2D eigenvalue weighted by molar-refractivity contribution is 0.0955. The van der Waals surface area contributed by atoms with Crippen LogP contribution in [0.3, 0.4) is 0 Å². The number of carbonyl (C=O) groups is 1. The molecule has 0 atom stereocenters. The van der Waals surface area contributed by atoms with Crippen LogP contribution in [0.1, 0.15) is 23.2 Å². The van der Waals surface area contributed by atoms with Crippen LogP contribution >= 0.6 is 0 Å². The highest BCUT2D eigenvalue weighted by atomic mass is 32.2. The van der Waals surface area contributed by atoms with Crippen molar-refractivity contribution < 1.29 is 17.9 Å². The van der Waals surface area contributed by atoms with Crippen molar-refractivity contribution in [2.45, 2.75) is 12.8 Å². The van der Waals surface area contributed by atoms with E-state index in [0.717, 1.165) is 12.8 Å². The Bertz CT molecular complexity index is 582. The number of carbonyl (C=O) groups excluding carboxylic acids is 1. The van der Waals surface area contributed by atoms with Crippen molar-refractivity contribution in [3.63, 3.8) is 0 Å². The summed E-state index contributed by atoms with van der Waals surface area (Å²) in [6.07, 6.45) is 4.45. The lowest BCUT2D eigenvalue weighted by atomic mass is 10.3. The zero-order valence-electron chi connectivity index (χ0n) is 11.8. The van der Waals surface area contributed by atoms with Gasteiger partial charge < -0.3 is 10.1 Å². The zero-order valence-corrected chi connectivity index (χ0v) is 12.6. The molecule has 0 radical (unpaired) electrons. The van der Waals surface area contributed by atoms with E-state index < -0.39 is 15.9 Å². The normalized spacial score (nSPS) is 15.9. The lowest BCUT2D eigenvalue weighted by Crippen LogP contribution is -2.36. The van der Waals surface area contributed by atoms with Crippen molar-refractivity contribution >= 4 is 15.9 Å². The molecule has 1 aromatic rings. The average Bonchev–Trinajstić information content (AvgIpc) is 3.02. The number of methoxy groups -OCH3 is 1. The van der Waals surface area contributed by atoms with Crippen LogP contribution in [0.2, 0.25) is 0 Å². The van der Waals surface area contributed by atoms with E-state index in [-0.39, 0.29) is 23.9 Å². The number of nitrogens with one attached hydrogen (secondary N) is 1. The highest BCUT2D eigenvalue weighted by Crippen LogP contribution is 2.12. The second kappa shape index (κ2) is 6.81. The number of hydrogen-bond donors (Lipinski definition) is 1. The maximum atomic E-state index is 12.0. The molecule has 0 saturated carbocycles. The van der Waals surface area contributed by atoms with Gasteiger partial charge in [-0.3, -0.25) is 4.79 Å². The molecule has 2 heterocycles. The van der Waals surface area contributed by atoms with Gasteiger partial charge in [-0.1, -0.05) is 0 Å². The topological polar surface area (TPSA) is 101 Å². The number of aromatic nitrogens is 2. The quantitative estimate of drug-likeness (QED) is 0.769. The molecule has 0 aromatic carbocycles. The summed E-state index contributed by atoms with van der Waals surface area (Å²) in [5.74, 6) is -0.510. The molecule has 0 bridgehead atoms. The maximum absolute atomic E-state index is 12.0. The Morgan fingerprint density at radius 3 is 2.52 bits per heavy atom. The molecule has 1 amide bonds. The SMILES string of the molecule is COc1ncc(C(=O)NCCS(=O)(=O)N2CCCC2)cn1. The number of hydrogen-bond acceptors (Lipinski definition) is 6. The van der Waals surface area contributed by atoms with Crippen molar-refractivity contribution in [3.05, 3.63) is 18.0 Å². The molecular weight excluding hydrogens is 296 g/mol. The van der Waals surface area contributed by atoms with Crippen LogP contribution in [0, 0.1) is 0 Å². The van der Waals surface area contributed by atoms with Crippen LogP contribution < -0.4 is 10.1 Å². The third-order valence-electron chi connectivity index (χ3n) is 3.18. The molecule has 1 aromatic heterocycles. The predicted octanol–water partition coefficient (Wildman–Crippen LogP) is -0.359. The van der Waals surface area contributed by atoms with E-state index in [1.165, 1.54) is 23.8 Å². The van der Waals surface area contributed by atoms with Crippen LogP contribution in [-0.2, 0) is 10.0 Å². The number of nitrogens with zero attached hydrogens (tertiary/aromatic N) is 3. The first kappa shape index (κ1) is 15.6. The molecule has 21 heavy (non-hydrogen) atoms. The summed E-state index contributed by atoms with van der Waals surface area (Å²) in [4.78, 5) is 19.4. The van der Waals surface area contributed by atoms with Crippen molar-refractivity contribution in [1.82, 2.24) is 19.6 Å². The third kappa shape index (κ3) is 4.11. The molecule has 1 saturated heterocycles. The molecule has 0 unspecified atom stereocenters. The van der Waals surface area contributed by atoms with Gasteiger partial charge >= 0.3 is 6.01 Å². The smallest absolute Gasteiger partial charge is 0.316 e. The van der Waals surface area contributed by atoms with Gasteiger partial charge in [-0.05, 0) is 12.8 Å². The first-order chi connectivity index (χ1) is 10.0. The molecule has 8 nitrogen and oxygen atoms in total. The molecule has 0 aliphatic carbocycles. The molecule has 1 aliphatic rings. The summed E-state index contributed by atoms with van der Waals surface area (Å²) in [7, 11) is -1.85. The first-order valence-corrected chi connectivity index (χ1v) is 8.26. The maximum Gasteiger partial charge on any atom is 0.316 e. The molecule has 0 spiro atoms. The van der Waals surface area contributed by atoms with Gasteiger partial charge in [0.05, 0.1) is 18.4 Å². The third-order valence-corrected chi connectivity index (χ3v) is 5.05. The minimum atomic E-state index is -3.28. The minimum Gasteiger partial charge on any atom is -0.467 e. The van der Waals surface area contributed by atoms with Gasteiger partial charge in [0, 0.05) is 32.0 Å². The summed E-state index contributed by atoms with van der Waals surface area (Å²) in [6, 6.07) is 0.170. The van der Waals surface area contributed by atoms with Crippen LogP contribution in [-0.4, -0.2) is 61.1 Å². The minimum absolute atomic E-state index is 0.0592. The van der Waals surface area contributed by atoms with Gasteiger partial charge in [-0.2, -0.15) is 0 Å². The molecule has 1 N–H and O–H groups in total. The summed E-state index contributed by atoms with van der Waals surface area (Å²) in [5, 5.41) is 2.55. The first-order valence-electron chi connectivity index (χ1n) is 6.65. The lowest BCUT2D eigenvalue weighted by Gasteiger charge is -2.15. The molecular formula is C12H18N4O4S.